The van der Waals surface area contributed by atoms with Crippen LogP contribution >= 0.6 is 11.6 Å². The Bertz CT molecular complexity index is 1320. The van der Waals surface area contributed by atoms with E-state index in [0.717, 1.165) is 40.9 Å². The molecule has 0 spiro atoms. The van der Waals surface area contributed by atoms with Gasteiger partial charge in [-0.1, -0.05) is 41.9 Å². The van der Waals surface area contributed by atoms with Crippen LogP contribution in [0, 0.1) is 0 Å². The van der Waals surface area contributed by atoms with Gasteiger partial charge in [-0.15, -0.1) is 0 Å². The second-order valence-electron chi connectivity index (χ2n) is 8.32. The van der Waals surface area contributed by atoms with Crippen LogP contribution in [0.25, 0.3) is 10.9 Å². The average Bonchev–Trinajstić information content (AvgIpc) is 3.35. The summed E-state index contributed by atoms with van der Waals surface area (Å²) < 4.78 is 5.80. The van der Waals surface area contributed by atoms with Crippen molar-refractivity contribution >= 4 is 33.9 Å². The van der Waals surface area contributed by atoms with Crippen LogP contribution in [-0.4, -0.2) is 41.4 Å². The molecule has 0 bridgehead atoms. The molecule has 1 aliphatic heterocycles. The van der Waals surface area contributed by atoms with Gasteiger partial charge < -0.3 is 19.7 Å². The van der Waals surface area contributed by atoms with E-state index in [4.69, 9.17) is 21.3 Å². The van der Waals surface area contributed by atoms with Gasteiger partial charge in [0.15, 0.2) is 5.88 Å². The number of ether oxygens (including phenoxy) is 1. The van der Waals surface area contributed by atoms with Crippen LogP contribution in [0.15, 0.2) is 65.7 Å². The van der Waals surface area contributed by atoms with E-state index in [-0.39, 0.29) is 5.88 Å². The maximum atomic E-state index is 10.9. The third kappa shape index (κ3) is 3.97. The molecule has 2 heterocycles. The van der Waals surface area contributed by atoms with Gasteiger partial charge in [0.1, 0.15) is 5.75 Å². The van der Waals surface area contributed by atoms with Gasteiger partial charge in [-0.05, 0) is 55.6 Å². The number of halogens is 1. The van der Waals surface area contributed by atoms with E-state index in [0.29, 0.717) is 22.9 Å². The highest BCUT2D eigenvalue weighted by Gasteiger charge is 2.21. The molecule has 5 rings (SSSR count). The van der Waals surface area contributed by atoms with Gasteiger partial charge in [0.05, 0.1) is 29.1 Å². The quantitative estimate of drug-likeness (QED) is 0.388. The van der Waals surface area contributed by atoms with Gasteiger partial charge in [-0.25, -0.2) is 4.99 Å². The number of aliphatic imine (C=N–C) groups is 1. The van der Waals surface area contributed by atoms with Crippen LogP contribution in [0.3, 0.4) is 0 Å². The van der Waals surface area contributed by atoms with E-state index in [2.05, 4.69) is 28.1 Å². The van der Waals surface area contributed by atoms with E-state index < -0.39 is 0 Å². The molecule has 0 amide bonds. The van der Waals surface area contributed by atoms with Gasteiger partial charge >= 0.3 is 0 Å². The lowest BCUT2D eigenvalue weighted by Crippen LogP contribution is -2.10. The Morgan fingerprint density at radius 2 is 1.91 bits per heavy atom. The first kappa shape index (κ1) is 20.6. The smallest absolute Gasteiger partial charge is 0.199 e. The zero-order valence-electron chi connectivity index (χ0n) is 18.0. The van der Waals surface area contributed by atoms with Crippen molar-refractivity contribution in [2.75, 3.05) is 20.7 Å². The van der Waals surface area contributed by atoms with Crippen molar-refractivity contribution in [3.05, 3.63) is 87.9 Å². The molecule has 1 aromatic heterocycles. The number of aromatic nitrogens is 1. The summed E-state index contributed by atoms with van der Waals surface area (Å²) in [6.07, 6.45) is 0.909. The summed E-state index contributed by atoms with van der Waals surface area (Å²) in [6, 6.07) is 19.8. The second-order valence-corrected chi connectivity index (χ2v) is 8.76. The first-order valence-electron chi connectivity index (χ1n) is 10.6. The lowest BCUT2D eigenvalue weighted by atomic mass is 9.99. The fourth-order valence-corrected chi connectivity index (χ4v) is 4.32. The fourth-order valence-electron chi connectivity index (χ4n) is 4.14. The van der Waals surface area contributed by atoms with Crippen molar-refractivity contribution in [1.82, 2.24) is 9.88 Å². The second kappa shape index (κ2) is 8.34. The van der Waals surface area contributed by atoms with Gasteiger partial charge in [0.2, 0.25) is 0 Å². The third-order valence-corrected chi connectivity index (χ3v) is 5.86. The van der Waals surface area contributed by atoms with Crippen molar-refractivity contribution < 1.29 is 9.84 Å². The van der Waals surface area contributed by atoms with Crippen molar-refractivity contribution in [3.63, 3.8) is 0 Å². The predicted octanol–water partition coefficient (Wildman–Crippen LogP) is 5.69. The van der Waals surface area contributed by atoms with Crippen LogP contribution in [0.1, 0.15) is 22.3 Å². The van der Waals surface area contributed by atoms with E-state index >= 15 is 0 Å². The summed E-state index contributed by atoms with van der Waals surface area (Å²) in [5, 5.41) is 12.3. The molecule has 3 aromatic carbocycles. The number of H-pyrrole nitrogens is 1. The van der Waals surface area contributed by atoms with Crippen LogP contribution in [-0.2, 0) is 13.0 Å². The third-order valence-electron chi connectivity index (χ3n) is 5.62. The highest BCUT2D eigenvalue weighted by Crippen LogP contribution is 2.35. The van der Waals surface area contributed by atoms with E-state index in [1.165, 1.54) is 11.1 Å². The molecule has 0 atom stereocenters. The number of hydrogen-bond donors (Lipinski definition) is 2. The molecule has 2 N–H and O–H groups in total. The molecule has 0 saturated carbocycles. The molecule has 0 fully saturated rings. The lowest BCUT2D eigenvalue weighted by molar-refractivity contribution is 0.357. The molecule has 0 aliphatic carbocycles. The van der Waals surface area contributed by atoms with E-state index in [9.17, 15) is 5.11 Å². The molecular weight excluding hydrogens is 422 g/mol. The summed E-state index contributed by atoms with van der Waals surface area (Å²) in [7, 11) is 4.10. The van der Waals surface area contributed by atoms with Gasteiger partial charge in [-0.2, -0.15) is 0 Å². The number of aromatic amines is 1. The summed E-state index contributed by atoms with van der Waals surface area (Å²) in [5.74, 6) is 0.936. The first-order chi connectivity index (χ1) is 15.5. The molecule has 5 nitrogen and oxygen atoms in total. The molecule has 0 saturated heterocycles. The highest BCUT2D eigenvalue weighted by molar-refractivity contribution is 6.31. The molecule has 0 unspecified atom stereocenters. The Morgan fingerprint density at radius 1 is 1.09 bits per heavy atom. The highest BCUT2D eigenvalue weighted by atomic mass is 35.5. The number of fused-ring (bicyclic) bond motifs is 2. The Morgan fingerprint density at radius 3 is 2.69 bits per heavy atom. The van der Waals surface area contributed by atoms with Crippen molar-refractivity contribution in [2.45, 2.75) is 13.0 Å². The summed E-state index contributed by atoms with van der Waals surface area (Å²) in [5.41, 5.74) is 6.18. The van der Waals surface area contributed by atoms with Gasteiger partial charge in [0.25, 0.3) is 0 Å². The first-order valence-corrected chi connectivity index (χ1v) is 10.9. The van der Waals surface area contributed by atoms with Crippen molar-refractivity contribution in [3.8, 4) is 11.6 Å². The molecule has 6 heteroatoms. The van der Waals surface area contributed by atoms with Crippen LogP contribution in [0.5, 0.6) is 11.6 Å². The molecule has 1 aliphatic rings. The number of benzene rings is 3. The van der Waals surface area contributed by atoms with Crippen molar-refractivity contribution in [2.24, 2.45) is 4.99 Å². The van der Waals surface area contributed by atoms with Crippen LogP contribution in [0.2, 0.25) is 5.02 Å². The summed E-state index contributed by atoms with van der Waals surface area (Å²) in [6.45, 7) is 1.55. The number of hydrogen-bond acceptors (Lipinski definition) is 4. The monoisotopic (exact) mass is 445 g/mol. The summed E-state index contributed by atoms with van der Waals surface area (Å²) in [4.78, 5) is 10.2. The maximum absolute atomic E-state index is 10.9. The maximum Gasteiger partial charge on any atom is 0.199 e. The number of rotatable bonds is 5. The number of nitrogens with one attached hydrogen (secondary N) is 1. The average molecular weight is 446 g/mol. The Labute approximate surface area is 191 Å². The van der Waals surface area contributed by atoms with E-state index in [1.807, 2.05) is 50.5 Å². The summed E-state index contributed by atoms with van der Waals surface area (Å²) >= 11 is 6.17. The van der Waals surface area contributed by atoms with Crippen LogP contribution in [0.4, 0.5) is 5.69 Å². The Hall–Kier alpha value is -3.28. The Kier molecular flexibility index (Phi) is 5.37. The zero-order valence-corrected chi connectivity index (χ0v) is 18.8. The minimum absolute atomic E-state index is 0.0617. The topological polar surface area (TPSA) is 60.9 Å². The van der Waals surface area contributed by atoms with Crippen molar-refractivity contribution in [1.29, 1.82) is 0 Å². The van der Waals surface area contributed by atoms with Gasteiger partial charge in [0, 0.05) is 28.9 Å². The number of aromatic hydroxyl groups is 1. The standard InChI is InChI=1S/C26H24ClN3O2/c1-30(2)15-16-3-8-20(9-4-16)28-25(18-6-5-17-11-12-32-23(17)13-18)24-21-10-7-19(27)14-22(21)29-26(24)31/h3-10,13-14,29,31H,11-12,15H2,1-2H3. The SMILES string of the molecule is CN(C)Cc1ccc(N=C(c2ccc3c(c2)OCC3)c2c(O)[nH]c3cc(Cl)ccc23)cc1. The Balaban J connectivity index is 1.67. The predicted molar refractivity (Wildman–Crippen MR) is 130 cm³/mol. The molecule has 32 heavy (non-hydrogen) atoms. The molecular formula is C26H24ClN3O2. The number of nitrogens with zero attached hydrogens (tertiary/aromatic N) is 2. The normalized spacial score (nSPS) is 13.6. The van der Waals surface area contributed by atoms with Gasteiger partial charge in [-0.3, -0.25) is 0 Å². The minimum Gasteiger partial charge on any atom is -0.494 e. The zero-order chi connectivity index (χ0) is 22.2. The largest absolute Gasteiger partial charge is 0.494 e. The fraction of sp³-hybridized carbons (Fsp3) is 0.192. The minimum atomic E-state index is 0.0617. The van der Waals surface area contributed by atoms with E-state index in [1.54, 1.807) is 6.07 Å². The molecule has 162 valence electrons. The molecule has 0 radical (unpaired) electrons. The lowest BCUT2D eigenvalue weighted by Gasteiger charge is -2.11. The molecule has 4 aromatic rings. The van der Waals surface area contributed by atoms with Crippen LogP contribution < -0.4 is 4.74 Å².